The standard InChI is InChI=1S/C54H34N2O2/c1-2-15-36(16-3-1)55(37-31-29-35(30-32-37)39-22-14-28-52-53(39)44-21-8-13-27-51(44)57-52)38-33-45(54-46(34-38)43-20-7-12-26-50(43)58-54)42-19-6-11-25-49(42)56-47-23-9-4-17-40(47)41-18-5-10-24-48(41)56/h1-34H. The van der Waals surface area contributed by atoms with E-state index in [1.807, 2.05) is 18.2 Å². The predicted molar refractivity (Wildman–Crippen MR) is 241 cm³/mol. The van der Waals surface area contributed by atoms with Crippen LogP contribution in [0.2, 0.25) is 0 Å². The zero-order chi connectivity index (χ0) is 38.2. The highest BCUT2D eigenvalue weighted by Gasteiger charge is 2.23. The lowest BCUT2D eigenvalue weighted by molar-refractivity contribution is 0.669. The molecule has 4 heteroatoms. The molecule has 0 saturated heterocycles. The van der Waals surface area contributed by atoms with Crippen molar-refractivity contribution < 1.29 is 8.83 Å². The smallest absolute Gasteiger partial charge is 0.143 e. The molecule has 0 aliphatic heterocycles. The maximum Gasteiger partial charge on any atom is 0.143 e. The highest BCUT2D eigenvalue weighted by molar-refractivity contribution is 6.15. The fraction of sp³-hybridized carbons (Fsp3) is 0. The lowest BCUT2D eigenvalue weighted by atomic mass is 9.97. The van der Waals surface area contributed by atoms with Crippen molar-refractivity contribution >= 4 is 82.7 Å². The van der Waals surface area contributed by atoms with E-state index in [1.54, 1.807) is 0 Å². The van der Waals surface area contributed by atoms with E-state index in [0.29, 0.717) is 0 Å². The molecule has 0 radical (unpaired) electrons. The van der Waals surface area contributed by atoms with Crippen LogP contribution in [0, 0.1) is 0 Å². The molecule has 9 aromatic carbocycles. The number of anilines is 3. The summed E-state index contributed by atoms with van der Waals surface area (Å²) in [4.78, 5) is 2.35. The number of furan rings is 2. The van der Waals surface area contributed by atoms with Crippen LogP contribution in [0.1, 0.15) is 0 Å². The molecule has 0 aliphatic rings. The van der Waals surface area contributed by atoms with Crippen LogP contribution in [0.3, 0.4) is 0 Å². The molecule has 0 amide bonds. The lowest BCUT2D eigenvalue weighted by Gasteiger charge is -2.26. The Morgan fingerprint density at radius 1 is 0.345 bits per heavy atom. The molecule has 4 nitrogen and oxygen atoms in total. The van der Waals surface area contributed by atoms with Gasteiger partial charge >= 0.3 is 0 Å². The molecule has 0 atom stereocenters. The van der Waals surface area contributed by atoms with Crippen molar-refractivity contribution in [3.05, 3.63) is 206 Å². The second kappa shape index (κ2) is 12.9. The molecule has 3 heterocycles. The van der Waals surface area contributed by atoms with Crippen molar-refractivity contribution in [3.63, 3.8) is 0 Å². The third kappa shape index (κ3) is 4.95. The van der Waals surface area contributed by atoms with Gasteiger partial charge in [-0.25, -0.2) is 0 Å². The Labute approximate surface area is 334 Å². The van der Waals surface area contributed by atoms with Gasteiger partial charge in [0.25, 0.3) is 0 Å². The Bertz CT molecular complexity index is 3460. The van der Waals surface area contributed by atoms with Gasteiger partial charge < -0.3 is 18.3 Å². The average Bonchev–Trinajstić information content (AvgIpc) is 3.97. The van der Waals surface area contributed by atoms with Gasteiger partial charge in [0.05, 0.1) is 16.7 Å². The van der Waals surface area contributed by atoms with Gasteiger partial charge in [0.1, 0.15) is 22.3 Å². The van der Waals surface area contributed by atoms with E-state index in [4.69, 9.17) is 8.83 Å². The summed E-state index contributed by atoms with van der Waals surface area (Å²) in [6.07, 6.45) is 0. The molecule has 0 spiro atoms. The number of benzene rings is 9. The van der Waals surface area contributed by atoms with Crippen molar-refractivity contribution in [1.29, 1.82) is 0 Å². The Balaban J connectivity index is 1.09. The zero-order valence-corrected chi connectivity index (χ0v) is 31.3. The second-order valence-corrected chi connectivity index (χ2v) is 14.8. The van der Waals surface area contributed by atoms with Crippen molar-refractivity contribution in [3.8, 4) is 27.9 Å². The highest BCUT2D eigenvalue weighted by Crippen LogP contribution is 2.46. The minimum Gasteiger partial charge on any atom is -0.456 e. The molecular formula is C54H34N2O2. The van der Waals surface area contributed by atoms with Crippen LogP contribution in [0.4, 0.5) is 17.1 Å². The first-order valence-electron chi connectivity index (χ1n) is 19.7. The summed E-state index contributed by atoms with van der Waals surface area (Å²) in [6.45, 7) is 0. The molecule has 0 N–H and O–H groups in total. The Morgan fingerprint density at radius 2 is 0.914 bits per heavy atom. The summed E-state index contributed by atoms with van der Waals surface area (Å²) in [7, 11) is 0. The van der Waals surface area contributed by atoms with Gasteiger partial charge in [0.15, 0.2) is 0 Å². The van der Waals surface area contributed by atoms with E-state index in [0.717, 1.165) is 88.9 Å². The zero-order valence-electron chi connectivity index (χ0n) is 31.3. The number of hydrogen-bond donors (Lipinski definition) is 0. The number of hydrogen-bond acceptors (Lipinski definition) is 3. The Morgan fingerprint density at radius 3 is 1.67 bits per heavy atom. The van der Waals surface area contributed by atoms with E-state index in [1.165, 1.54) is 21.8 Å². The quantitative estimate of drug-likeness (QED) is 0.170. The summed E-state index contributed by atoms with van der Waals surface area (Å²) >= 11 is 0. The topological polar surface area (TPSA) is 34.5 Å². The number of para-hydroxylation sites is 6. The van der Waals surface area contributed by atoms with Crippen molar-refractivity contribution in [2.45, 2.75) is 0 Å². The molecule has 0 aliphatic carbocycles. The average molecular weight is 743 g/mol. The van der Waals surface area contributed by atoms with Gasteiger partial charge in [-0.2, -0.15) is 0 Å². The van der Waals surface area contributed by atoms with Crippen LogP contribution in [-0.4, -0.2) is 4.57 Å². The van der Waals surface area contributed by atoms with Crippen molar-refractivity contribution in [2.75, 3.05) is 4.90 Å². The summed E-state index contributed by atoms with van der Waals surface area (Å²) < 4.78 is 15.5. The van der Waals surface area contributed by atoms with E-state index in [9.17, 15) is 0 Å². The maximum absolute atomic E-state index is 6.82. The maximum atomic E-state index is 6.82. The number of nitrogens with zero attached hydrogens (tertiary/aromatic N) is 2. The monoisotopic (exact) mass is 742 g/mol. The highest BCUT2D eigenvalue weighted by atomic mass is 16.3. The van der Waals surface area contributed by atoms with Gasteiger partial charge in [-0.3, -0.25) is 0 Å². The van der Waals surface area contributed by atoms with Crippen LogP contribution in [0.5, 0.6) is 0 Å². The van der Waals surface area contributed by atoms with Crippen LogP contribution < -0.4 is 4.90 Å². The Hall–Kier alpha value is -7.82. The summed E-state index contributed by atoms with van der Waals surface area (Å²) in [5.41, 5.74) is 14.5. The molecule has 272 valence electrons. The van der Waals surface area contributed by atoms with Crippen molar-refractivity contribution in [1.82, 2.24) is 4.57 Å². The van der Waals surface area contributed by atoms with Crippen LogP contribution in [0.25, 0.3) is 93.6 Å². The van der Waals surface area contributed by atoms with Crippen LogP contribution in [-0.2, 0) is 0 Å². The SMILES string of the molecule is c1ccc(N(c2ccc(-c3cccc4oc5ccccc5c34)cc2)c2cc(-c3ccccc3-n3c4ccccc4c4ccccc43)c3oc4ccccc4c3c2)cc1. The molecule has 12 aromatic rings. The number of rotatable bonds is 6. The third-order valence-electron chi connectivity index (χ3n) is 11.6. The number of fused-ring (bicyclic) bond motifs is 9. The molecule has 12 rings (SSSR count). The molecule has 0 fully saturated rings. The minimum atomic E-state index is 0.863. The molecule has 0 unspecified atom stereocenters. The fourth-order valence-corrected chi connectivity index (χ4v) is 9.05. The van der Waals surface area contributed by atoms with Crippen LogP contribution in [0.15, 0.2) is 215 Å². The van der Waals surface area contributed by atoms with E-state index in [-0.39, 0.29) is 0 Å². The van der Waals surface area contributed by atoms with Gasteiger partial charge in [-0.15, -0.1) is 0 Å². The molecule has 3 aromatic heterocycles. The van der Waals surface area contributed by atoms with Gasteiger partial charge in [0.2, 0.25) is 0 Å². The van der Waals surface area contributed by atoms with Gasteiger partial charge in [0, 0.05) is 60.5 Å². The van der Waals surface area contributed by atoms with Crippen molar-refractivity contribution in [2.24, 2.45) is 0 Å². The van der Waals surface area contributed by atoms with E-state index in [2.05, 4.69) is 198 Å². The molecule has 0 bridgehead atoms. The summed E-state index contributed by atoms with van der Waals surface area (Å²) in [6, 6.07) is 73.2. The molecule has 0 saturated carbocycles. The van der Waals surface area contributed by atoms with Crippen LogP contribution >= 0.6 is 0 Å². The lowest BCUT2D eigenvalue weighted by Crippen LogP contribution is -2.10. The fourth-order valence-electron chi connectivity index (χ4n) is 9.05. The Kier molecular flexibility index (Phi) is 7.20. The van der Waals surface area contributed by atoms with Gasteiger partial charge in [-0.05, 0) is 83.9 Å². The van der Waals surface area contributed by atoms with E-state index < -0.39 is 0 Å². The first-order chi connectivity index (χ1) is 28.8. The normalized spacial score (nSPS) is 11.8. The number of aromatic nitrogens is 1. The molecular weight excluding hydrogens is 709 g/mol. The molecule has 58 heavy (non-hydrogen) atoms. The summed E-state index contributed by atoms with van der Waals surface area (Å²) in [5.74, 6) is 0. The minimum absolute atomic E-state index is 0.863. The predicted octanol–water partition coefficient (Wildman–Crippen LogP) is 15.4. The van der Waals surface area contributed by atoms with Gasteiger partial charge in [-0.1, -0.05) is 133 Å². The largest absolute Gasteiger partial charge is 0.456 e. The first kappa shape index (κ1) is 32.4. The summed E-state index contributed by atoms with van der Waals surface area (Å²) in [5, 5.41) is 6.86. The first-order valence-corrected chi connectivity index (χ1v) is 19.7. The second-order valence-electron chi connectivity index (χ2n) is 14.8. The van der Waals surface area contributed by atoms with E-state index >= 15 is 0 Å². The third-order valence-corrected chi connectivity index (χ3v) is 11.6.